The summed E-state index contributed by atoms with van der Waals surface area (Å²) in [6, 6.07) is 81.5. The van der Waals surface area contributed by atoms with Crippen molar-refractivity contribution in [1.29, 1.82) is 0 Å². The Morgan fingerprint density at radius 2 is 0.922 bits per heavy atom. The van der Waals surface area contributed by atoms with Crippen molar-refractivity contribution in [2.75, 3.05) is 4.90 Å². The van der Waals surface area contributed by atoms with E-state index in [2.05, 4.69) is 229 Å². The molecule has 13 aromatic rings. The number of benzene rings is 10. The van der Waals surface area contributed by atoms with Crippen molar-refractivity contribution >= 4 is 102 Å². The molecule has 0 N–H and O–H groups in total. The minimum Gasteiger partial charge on any atom is -0.455 e. The molecule has 0 unspecified atom stereocenters. The molecule has 3 heterocycles. The molecular weight excluding hydrogens is 815 g/mol. The Bertz CT molecular complexity index is 3890. The highest BCUT2D eigenvalue weighted by molar-refractivity contribution is 7.26. The first-order valence-electron chi connectivity index (χ1n) is 21.7. The van der Waals surface area contributed by atoms with Crippen molar-refractivity contribution in [1.82, 2.24) is 0 Å². The Morgan fingerprint density at radius 3 is 1.67 bits per heavy atom. The number of fused-ring (bicyclic) bond motifs is 9. The van der Waals surface area contributed by atoms with Crippen molar-refractivity contribution in [3.63, 3.8) is 0 Å². The predicted molar refractivity (Wildman–Crippen MR) is 276 cm³/mol. The van der Waals surface area contributed by atoms with Crippen molar-refractivity contribution in [3.8, 4) is 44.5 Å². The fourth-order valence-corrected chi connectivity index (χ4v) is 12.1. The highest BCUT2D eigenvalue weighted by atomic mass is 32.1. The van der Waals surface area contributed by atoms with Crippen LogP contribution in [0.1, 0.15) is 0 Å². The largest absolute Gasteiger partial charge is 0.455 e. The molecule has 0 bridgehead atoms. The SMILES string of the molecule is c1ccc(-c2ccc3c(c2)oc2c(-c4ccccc4)ccc(N(c4ccc5sc6c(-c7ccccc7)ccc(-c7ccccc7)c6c5c4)c4cccc5sc6ccccc6c45)c23)cc1. The van der Waals surface area contributed by atoms with Crippen molar-refractivity contribution in [2.45, 2.75) is 0 Å². The van der Waals surface area contributed by atoms with E-state index in [1.54, 1.807) is 0 Å². The van der Waals surface area contributed by atoms with Gasteiger partial charge in [0.25, 0.3) is 0 Å². The van der Waals surface area contributed by atoms with Crippen LogP contribution in [0.5, 0.6) is 0 Å². The van der Waals surface area contributed by atoms with Gasteiger partial charge < -0.3 is 9.32 Å². The number of hydrogen-bond donors (Lipinski definition) is 0. The first kappa shape index (κ1) is 36.9. The zero-order valence-corrected chi connectivity index (χ0v) is 36.2. The summed E-state index contributed by atoms with van der Waals surface area (Å²) in [5, 5.41) is 7.18. The van der Waals surface area contributed by atoms with E-state index in [1.165, 1.54) is 62.6 Å². The summed E-state index contributed by atoms with van der Waals surface area (Å²) >= 11 is 3.73. The van der Waals surface area contributed by atoms with Crippen LogP contribution in [-0.2, 0) is 0 Å². The molecule has 13 rings (SSSR count). The summed E-state index contributed by atoms with van der Waals surface area (Å²) in [5.41, 5.74) is 14.4. The van der Waals surface area contributed by atoms with Gasteiger partial charge in [0.1, 0.15) is 11.2 Å². The van der Waals surface area contributed by atoms with Gasteiger partial charge in [-0.05, 0) is 99.6 Å². The summed E-state index contributed by atoms with van der Waals surface area (Å²) in [5.74, 6) is 0. The fraction of sp³-hybridized carbons (Fsp3) is 0. The molecule has 0 aliphatic heterocycles. The molecule has 3 aromatic heterocycles. The van der Waals surface area contributed by atoms with Gasteiger partial charge in [0, 0.05) is 57.0 Å². The maximum absolute atomic E-state index is 7.12. The molecule has 0 aliphatic carbocycles. The first-order valence-corrected chi connectivity index (χ1v) is 23.3. The molecule has 64 heavy (non-hydrogen) atoms. The van der Waals surface area contributed by atoms with Crippen LogP contribution in [0.4, 0.5) is 17.1 Å². The van der Waals surface area contributed by atoms with Gasteiger partial charge in [-0.1, -0.05) is 164 Å². The van der Waals surface area contributed by atoms with Gasteiger partial charge in [0.05, 0.1) is 16.8 Å². The molecule has 0 radical (unpaired) electrons. The second-order valence-electron chi connectivity index (χ2n) is 16.3. The minimum atomic E-state index is 0.861. The number of rotatable bonds is 7. The predicted octanol–water partition coefficient (Wildman–Crippen LogP) is 18.5. The Balaban J connectivity index is 1.14. The molecule has 0 spiro atoms. The third-order valence-corrected chi connectivity index (χ3v) is 15.0. The molecule has 0 saturated heterocycles. The Morgan fingerprint density at radius 1 is 0.328 bits per heavy atom. The van der Waals surface area contributed by atoms with Crippen LogP contribution >= 0.6 is 22.7 Å². The lowest BCUT2D eigenvalue weighted by atomic mass is 9.94. The molecule has 0 fully saturated rings. The van der Waals surface area contributed by atoms with Crippen molar-refractivity contribution in [2.24, 2.45) is 0 Å². The number of anilines is 3. The highest BCUT2D eigenvalue weighted by Gasteiger charge is 2.26. The molecular formula is C60H37NOS2. The van der Waals surface area contributed by atoms with E-state index in [4.69, 9.17) is 4.42 Å². The van der Waals surface area contributed by atoms with Gasteiger partial charge in [-0.25, -0.2) is 0 Å². The lowest BCUT2D eigenvalue weighted by Gasteiger charge is -2.28. The topological polar surface area (TPSA) is 16.4 Å². The third-order valence-electron chi connectivity index (χ3n) is 12.7. The van der Waals surface area contributed by atoms with Crippen molar-refractivity contribution < 1.29 is 4.42 Å². The van der Waals surface area contributed by atoms with Crippen LogP contribution in [0.2, 0.25) is 0 Å². The molecule has 2 nitrogen and oxygen atoms in total. The van der Waals surface area contributed by atoms with Gasteiger partial charge in [-0.15, -0.1) is 22.7 Å². The van der Waals surface area contributed by atoms with Crippen LogP contribution in [0.3, 0.4) is 0 Å². The van der Waals surface area contributed by atoms with E-state index >= 15 is 0 Å². The van der Waals surface area contributed by atoms with Crippen LogP contribution in [-0.4, -0.2) is 0 Å². The van der Waals surface area contributed by atoms with Crippen LogP contribution < -0.4 is 4.90 Å². The Kier molecular flexibility index (Phi) is 8.61. The second kappa shape index (κ2) is 15.0. The number of furan rings is 1. The highest BCUT2D eigenvalue weighted by Crippen LogP contribution is 2.52. The van der Waals surface area contributed by atoms with Gasteiger partial charge in [-0.2, -0.15) is 0 Å². The number of nitrogens with zero attached hydrogens (tertiary/aromatic N) is 1. The van der Waals surface area contributed by atoms with Crippen molar-refractivity contribution in [3.05, 3.63) is 224 Å². The molecule has 0 atom stereocenters. The lowest BCUT2D eigenvalue weighted by molar-refractivity contribution is 0.670. The Labute approximate surface area is 378 Å². The summed E-state index contributed by atoms with van der Waals surface area (Å²) in [7, 11) is 0. The monoisotopic (exact) mass is 851 g/mol. The maximum atomic E-state index is 7.12. The van der Waals surface area contributed by atoms with Gasteiger partial charge in [0.2, 0.25) is 0 Å². The standard InChI is InChI=1S/C60H37NOS2/c1-5-16-38(17-6-1)42-28-30-47-52(36-42)62-59-45(40-20-9-3-10-21-40)33-34-51(58(47)59)61(50-25-15-27-55-57(50)48-24-13-14-26-53(48)63-55)43-29-35-54-49(37-43)56-44(39-18-7-2-8-19-39)31-32-46(60(56)64-54)41-22-11-4-12-23-41/h1-37H. The van der Waals surface area contributed by atoms with E-state index in [0.29, 0.717) is 0 Å². The van der Waals surface area contributed by atoms with Gasteiger partial charge in [-0.3, -0.25) is 0 Å². The number of thiophene rings is 2. The lowest BCUT2D eigenvalue weighted by Crippen LogP contribution is -2.11. The summed E-state index contributed by atoms with van der Waals surface area (Å²) in [4.78, 5) is 2.50. The van der Waals surface area contributed by atoms with Crippen LogP contribution in [0.25, 0.3) is 107 Å². The molecule has 0 saturated carbocycles. The van der Waals surface area contributed by atoms with Crippen LogP contribution in [0.15, 0.2) is 229 Å². The molecule has 0 aliphatic rings. The average Bonchev–Trinajstić information content (AvgIpc) is 4.07. The number of hydrogen-bond acceptors (Lipinski definition) is 4. The van der Waals surface area contributed by atoms with E-state index in [9.17, 15) is 0 Å². The molecule has 0 amide bonds. The Hall–Kier alpha value is -7.76. The van der Waals surface area contributed by atoms with Gasteiger partial charge in [0.15, 0.2) is 0 Å². The molecule has 300 valence electrons. The smallest absolute Gasteiger partial charge is 0.145 e. The fourth-order valence-electron chi connectivity index (χ4n) is 9.76. The zero-order chi connectivity index (χ0) is 42.1. The summed E-state index contributed by atoms with van der Waals surface area (Å²) in [6.07, 6.45) is 0. The van der Waals surface area contributed by atoms with E-state index in [1.807, 2.05) is 22.7 Å². The summed E-state index contributed by atoms with van der Waals surface area (Å²) < 4.78 is 12.2. The maximum Gasteiger partial charge on any atom is 0.145 e. The van der Waals surface area contributed by atoms with E-state index < -0.39 is 0 Å². The van der Waals surface area contributed by atoms with E-state index in [-0.39, 0.29) is 0 Å². The average molecular weight is 852 g/mol. The normalized spacial score (nSPS) is 11.8. The molecule has 4 heteroatoms. The zero-order valence-electron chi connectivity index (χ0n) is 34.5. The quantitative estimate of drug-likeness (QED) is 0.159. The third kappa shape index (κ3) is 5.91. The second-order valence-corrected chi connectivity index (χ2v) is 18.5. The minimum absolute atomic E-state index is 0.861. The molecule has 10 aromatic carbocycles. The first-order chi connectivity index (χ1) is 31.7. The van der Waals surface area contributed by atoms with E-state index in [0.717, 1.165) is 61.3 Å². The summed E-state index contributed by atoms with van der Waals surface area (Å²) in [6.45, 7) is 0. The van der Waals surface area contributed by atoms with Gasteiger partial charge >= 0.3 is 0 Å². The van der Waals surface area contributed by atoms with Crippen LogP contribution in [0, 0.1) is 0 Å².